The number of rotatable bonds is 8. The third-order valence-electron chi connectivity index (χ3n) is 7.11. The Morgan fingerprint density at radius 3 is 1.63 bits per heavy atom. The number of hydrogen-bond acceptors (Lipinski definition) is 17. The maximum absolute atomic E-state index is 12.6. The first kappa shape index (κ1) is 34.3. The first-order valence-electron chi connectivity index (χ1n) is 15.3. The summed E-state index contributed by atoms with van der Waals surface area (Å²) in [6.07, 6.45) is 7.66. The molecule has 8 heterocycles. The van der Waals surface area contributed by atoms with Crippen molar-refractivity contribution in [3.63, 3.8) is 0 Å². The number of aromatic nitrogens is 12. The molecule has 0 unspecified atom stereocenters. The molecule has 2 N–H and O–H groups in total. The second-order valence-corrected chi connectivity index (χ2v) is 13.5. The Balaban J connectivity index is 0.000000164. The van der Waals surface area contributed by atoms with Gasteiger partial charge < -0.3 is 15.2 Å². The van der Waals surface area contributed by atoms with Gasteiger partial charge in [-0.3, -0.25) is 0 Å². The van der Waals surface area contributed by atoms with Crippen molar-refractivity contribution in [2.24, 2.45) is 0 Å². The highest BCUT2D eigenvalue weighted by Crippen LogP contribution is 2.30. The van der Waals surface area contributed by atoms with Crippen LogP contribution >= 0.6 is 22.7 Å². The Morgan fingerprint density at radius 1 is 0.635 bits per heavy atom. The number of nitrogens with zero attached hydrogens (tertiary/aromatic N) is 12. The van der Waals surface area contributed by atoms with Gasteiger partial charge in [0, 0.05) is 70.2 Å². The van der Waals surface area contributed by atoms with Crippen molar-refractivity contribution in [2.45, 2.75) is 40.0 Å². The van der Waals surface area contributed by atoms with E-state index in [-0.39, 0.29) is 6.54 Å². The lowest BCUT2D eigenvalue weighted by molar-refractivity contribution is -0.145. The SMILES string of the molecule is Cc1cnc(-c2cnc3ncnc(NCc4cnc(C(F)(F)F)nc4)c3c2)s1.Cc1noc(CNc2ncnc3ncc(-c4ncc(C)s4)cc23)n1. The van der Waals surface area contributed by atoms with Gasteiger partial charge in [-0.05, 0) is 32.9 Å². The van der Waals surface area contributed by atoms with Gasteiger partial charge in [0.1, 0.15) is 34.3 Å². The number of hydrogen-bond donors (Lipinski definition) is 2. The zero-order valence-electron chi connectivity index (χ0n) is 27.4. The monoisotopic (exact) mass is 742 g/mol. The van der Waals surface area contributed by atoms with Crippen molar-refractivity contribution in [1.29, 1.82) is 0 Å². The first-order chi connectivity index (χ1) is 25.1. The van der Waals surface area contributed by atoms with Crippen LogP contribution in [0.15, 0.2) is 66.5 Å². The van der Waals surface area contributed by atoms with Crippen molar-refractivity contribution >= 4 is 56.4 Å². The lowest BCUT2D eigenvalue weighted by Gasteiger charge is -2.09. The maximum Gasteiger partial charge on any atom is 0.451 e. The van der Waals surface area contributed by atoms with E-state index in [1.54, 1.807) is 48.2 Å². The topological polar surface area (TPSA) is 192 Å². The van der Waals surface area contributed by atoms with E-state index in [9.17, 15) is 13.2 Å². The molecule has 0 fully saturated rings. The molecule has 0 aliphatic carbocycles. The Kier molecular flexibility index (Phi) is 9.63. The Bertz CT molecular complexity index is 2480. The summed E-state index contributed by atoms with van der Waals surface area (Å²) in [5.41, 5.74) is 3.37. The van der Waals surface area contributed by atoms with Crippen LogP contribution in [0.1, 0.15) is 32.9 Å². The van der Waals surface area contributed by atoms with Crippen LogP contribution in [-0.4, -0.2) is 60.0 Å². The zero-order chi connectivity index (χ0) is 36.2. The summed E-state index contributed by atoms with van der Waals surface area (Å²) < 4.78 is 42.8. The molecule has 8 aromatic rings. The maximum atomic E-state index is 12.6. The van der Waals surface area contributed by atoms with Crippen molar-refractivity contribution in [3.05, 3.63) is 94.8 Å². The van der Waals surface area contributed by atoms with Gasteiger partial charge in [0.2, 0.25) is 11.7 Å². The number of thiazole rings is 2. The van der Waals surface area contributed by atoms with Crippen LogP contribution in [0.5, 0.6) is 0 Å². The van der Waals surface area contributed by atoms with Gasteiger partial charge in [-0.25, -0.2) is 49.8 Å². The molecule has 8 aromatic heterocycles. The van der Waals surface area contributed by atoms with E-state index in [0.717, 1.165) is 48.7 Å². The molecule has 0 aliphatic rings. The summed E-state index contributed by atoms with van der Waals surface area (Å²) in [6, 6.07) is 3.87. The van der Waals surface area contributed by atoms with Gasteiger partial charge in [-0.2, -0.15) is 18.2 Å². The quantitative estimate of drug-likeness (QED) is 0.168. The molecule has 0 radical (unpaired) electrons. The van der Waals surface area contributed by atoms with Crippen LogP contribution in [0.2, 0.25) is 0 Å². The second kappa shape index (κ2) is 14.6. The molecular weight excluding hydrogens is 718 g/mol. The molecule has 0 bridgehead atoms. The van der Waals surface area contributed by atoms with E-state index >= 15 is 0 Å². The standard InChI is InChI=1S/C17H12F3N7S.C15H13N7OS/c1-9-3-23-15(28-9)11-2-12-13(26-8-27-14(12)22-7-11)21-4-10-5-24-16(25-6-10)17(18,19)20;1-8-4-18-15(24-8)10-3-11-13(16-5-10)19-7-20-14(11)17-6-12-21-9(2)22-23-12/h2-3,5-8H,4H2,1H3,(H,21,22,26,27);3-5,7H,6H2,1-2H3,(H,16,17,19,20). The zero-order valence-corrected chi connectivity index (χ0v) is 29.0. The normalized spacial score (nSPS) is 11.4. The highest BCUT2D eigenvalue weighted by Gasteiger charge is 2.34. The van der Waals surface area contributed by atoms with Gasteiger partial charge in [0.25, 0.3) is 0 Å². The number of anilines is 2. The summed E-state index contributed by atoms with van der Waals surface area (Å²) >= 11 is 3.17. The number of pyridine rings is 2. The minimum atomic E-state index is -4.56. The number of nitrogens with one attached hydrogen (secondary N) is 2. The van der Waals surface area contributed by atoms with Crippen LogP contribution in [-0.2, 0) is 19.3 Å². The van der Waals surface area contributed by atoms with Gasteiger partial charge in [0.15, 0.2) is 17.1 Å². The predicted octanol–water partition coefficient (Wildman–Crippen LogP) is 6.64. The van der Waals surface area contributed by atoms with E-state index < -0.39 is 12.0 Å². The third-order valence-corrected chi connectivity index (χ3v) is 9.03. The molecular formula is C32H25F3N14OS2. The van der Waals surface area contributed by atoms with Crippen molar-refractivity contribution in [1.82, 2.24) is 60.0 Å². The van der Waals surface area contributed by atoms with E-state index in [1.807, 2.05) is 32.2 Å². The largest absolute Gasteiger partial charge is 0.451 e. The Labute approximate surface area is 300 Å². The summed E-state index contributed by atoms with van der Waals surface area (Å²) in [5.74, 6) is 1.10. The van der Waals surface area contributed by atoms with Crippen LogP contribution in [0, 0.1) is 20.8 Å². The molecule has 262 valence electrons. The molecule has 52 heavy (non-hydrogen) atoms. The van der Waals surface area contributed by atoms with Gasteiger partial charge in [0.05, 0.1) is 17.3 Å². The number of halogens is 3. The lowest BCUT2D eigenvalue weighted by Crippen LogP contribution is -2.12. The number of alkyl halides is 3. The number of aryl methyl sites for hydroxylation is 3. The van der Waals surface area contributed by atoms with Gasteiger partial charge in [-0.1, -0.05) is 5.16 Å². The lowest BCUT2D eigenvalue weighted by atomic mass is 10.2. The van der Waals surface area contributed by atoms with Crippen LogP contribution in [0.3, 0.4) is 0 Å². The molecule has 8 rings (SSSR count). The molecule has 0 atom stereocenters. The fourth-order valence-electron chi connectivity index (χ4n) is 4.73. The van der Waals surface area contributed by atoms with Gasteiger partial charge in [-0.15, -0.1) is 22.7 Å². The predicted molar refractivity (Wildman–Crippen MR) is 187 cm³/mol. The Hall–Kier alpha value is -6.15. The molecule has 0 amide bonds. The summed E-state index contributed by atoms with van der Waals surface area (Å²) in [7, 11) is 0. The molecule has 15 nitrogen and oxygen atoms in total. The number of fused-ring (bicyclic) bond motifs is 2. The van der Waals surface area contributed by atoms with Crippen LogP contribution < -0.4 is 10.6 Å². The van der Waals surface area contributed by atoms with E-state index in [0.29, 0.717) is 52.1 Å². The highest BCUT2D eigenvalue weighted by atomic mass is 32.1. The first-order valence-corrected chi connectivity index (χ1v) is 16.9. The van der Waals surface area contributed by atoms with Crippen molar-refractivity contribution < 1.29 is 17.7 Å². The second-order valence-electron chi connectivity index (χ2n) is 11.0. The van der Waals surface area contributed by atoms with Gasteiger partial charge >= 0.3 is 6.18 Å². The molecule has 0 aromatic carbocycles. The van der Waals surface area contributed by atoms with E-state index in [4.69, 9.17) is 4.52 Å². The molecule has 20 heteroatoms. The average molecular weight is 743 g/mol. The summed E-state index contributed by atoms with van der Waals surface area (Å²) in [6.45, 7) is 6.35. The van der Waals surface area contributed by atoms with Crippen molar-refractivity contribution in [3.8, 4) is 21.1 Å². The molecule has 0 spiro atoms. The van der Waals surface area contributed by atoms with Crippen molar-refractivity contribution in [2.75, 3.05) is 10.6 Å². The average Bonchev–Trinajstić information content (AvgIpc) is 3.90. The minimum absolute atomic E-state index is 0.199. The van der Waals surface area contributed by atoms with E-state index in [2.05, 4.69) is 70.6 Å². The molecule has 0 saturated carbocycles. The third kappa shape index (κ3) is 7.92. The smallest absolute Gasteiger partial charge is 0.365 e. The van der Waals surface area contributed by atoms with E-state index in [1.165, 1.54) is 12.7 Å². The summed E-state index contributed by atoms with van der Waals surface area (Å²) in [5, 5.41) is 13.3. The van der Waals surface area contributed by atoms with Crippen LogP contribution in [0.4, 0.5) is 24.8 Å². The minimum Gasteiger partial charge on any atom is -0.365 e. The molecule has 0 saturated heterocycles. The highest BCUT2D eigenvalue weighted by molar-refractivity contribution is 7.15. The Morgan fingerprint density at radius 2 is 1.17 bits per heavy atom. The van der Waals surface area contributed by atoms with Crippen LogP contribution in [0.25, 0.3) is 43.2 Å². The fourth-order valence-corrected chi connectivity index (χ4v) is 6.22. The molecule has 0 aliphatic heterocycles. The summed E-state index contributed by atoms with van der Waals surface area (Å²) in [4.78, 5) is 47.5. The fraction of sp³-hybridized carbons (Fsp3) is 0.188.